The van der Waals surface area contributed by atoms with Crippen LogP contribution in [0.3, 0.4) is 0 Å². The van der Waals surface area contributed by atoms with Crippen LogP contribution in [0.5, 0.6) is 0 Å². The van der Waals surface area contributed by atoms with Gasteiger partial charge in [0, 0.05) is 26.3 Å². The molecule has 0 atom stereocenters. The number of aromatic nitrogens is 3. The van der Waals surface area contributed by atoms with Crippen molar-refractivity contribution in [3.8, 4) is 0 Å². The van der Waals surface area contributed by atoms with Crippen molar-refractivity contribution < 1.29 is 4.79 Å². The van der Waals surface area contributed by atoms with Gasteiger partial charge < -0.3 is 16.0 Å². The highest BCUT2D eigenvalue weighted by Gasteiger charge is 2.23. The first-order chi connectivity index (χ1) is 18.0. The maximum Gasteiger partial charge on any atom is 0.257 e. The van der Waals surface area contributed by atoms with Gasteiger partial charge in [0.15, 0.2) is 5.65 Å². The van der Waals surface area contributed by atoms with Crippen molar-refractivity contribution in [3.05, 3.63) is 95.6 Å². The van der Waals surface area contributed by atoms with E-state index < -0.39 is 0 Å². The largest absolute Gasteiger partial charge is 0.383 e. The molecule has 8 nitrogen and oxygen atoms in total. The molecule has 3 aromatic carbocycles. The zero-order valence-corrected chi connectivity index (χ0v) is 20.9. The van der Waals surface area contributed by atoms with Gasteiger partial charge in [-0.25, -0.2) is 9.97 Å². The summed E-state index contributed by atoms with van der Waals surface area (Å²) >= 11 is 0. The lowest BCUT2D eigenvalue weighted by Gasteiger charge is -2.11. The standard InChI is InChI=1S/C29H29N7O/c1-35(2)22-16-14-21(15-17-22)19-32-36-27(30)25(26-28(36)34-24-13-7-6-12-23(24)33-26)29(37)31-18-8-11-20-9-4-3-5-10-20/h3-7,9-10,12-17,19H,8,11,18,30H2,1-2H3,(H,31,37)/b32-19+. The van der Waals surface area contributed by atoms with Gasteiger partial charge in [0.05, 0.1) is 17.2 Å². The summed E-state index contributed by atoms with van der Waals surface area (Å²) in [6.07, 6.45) is 3.39. The lowest BCUT2D eigenvalue weighted by Crippen LogP contribution is -2.25. The molecule has 0 fully saturated rings. The van der Waals surface area contributed by atoms with Crippen molar-refractivity contribution in [3.63, 3.8) is 0 Å². The van der Waals surface area contributed by atoms with E-state index in [1.165, 1.54) is 10.2 Å². The van der Waals surface area contributed by atoms with Gasteiger partial charge in [-0.2, -0.15) is 9.78 Å². The quantitative estimate of drug-likeness (QED) is 0.246. The molecular weight excluding hydrogens is 462 g/mol. The molecule has 0 saturated heterocycles. The molecule has 3 N–H and O–H groups in total. The fourth-order valence-electron chi connectivity index (χ4n) is 4.20. The maximum atomic E-state index is 13.3. The summed E-state index contributed by atoms with van der Waals surface area (Å²) in [5.74, 6) is -0.0866. The van der Waals surface area contributed by atoms with Crippen molar-refractivity contribution in [1.29, 1.82) is 0 Å². The highest BCUT2D eigenvalue weighted by Crippen LogP contribution is 2.28. The van der Waals surface area contributed by atoms with Crippen LogP contribution in [0.4, 0.5) is 11.5 Å². The minimum atomic E-state index is -0.288. The number of carbonyl (C=O) groups is 1. The number of nitrogens with zero attached hydrogens (tertiary/aromatic N) is 5. The molecule has 2 aromatic heterocycles. The van der Waals surface area contributed by atoms with E-state index in [1.54, 1.807) is 6.21 Å². The Balaban J connectivity index is 1.46. The van der Waals surface area contributed by atoms with Gasteiger partial charge in [-0.05, 0) is 48.2 Å². The number of hydrogen-bond donors (Lipinski definition) is 2. The van der Waals surface area contributed by atoms with Crippen molar-refractivity contribution in [2.45, 2.75) is 12.8 Å². The molecule has 8 heteroatoms. The van der Waals surface area contributed by atoms with Gasteiger partial charge >= 0.3 is 0 Å². The fourth-order valence-corrected chi connectivity index (χ4v) is 4.20. The molecule has 0 unspecified atom stereocenters. The second kappa shape index (κ2) is 10.5. The molecule has 0 aliphatic rings. The van der Waals surface area contributed by atoms with Gasteiger partial charge in [-0.15, -0.1) is 0 Å². The number of amides is 1. The van der Waals surface area contributed by atoms with Crippen molar-refractivity contribution >= 4 is 45.8 Å². The van der Waals surface area contributed by atoms with E-state index in [-0.39, 0.29) is 17.3 Å². The number of anilines is 2. The third-order valence-electron chi connectivity index (χ3n) is 6.20. The van der Waals surface area contributed by atoms with E-state index in [1.807, 2.05) is 85.7 Å². The first kappa shape index (κ1) is 24.0. The maximum absolute atomic E-state index is 13.3. The van der Waals surface area contributed by atoms with E-state index in [4.69, 9.17) is 15.7 Å². The Morgan fingerprint density at radius 1 is 0.973 bits per heavy atom. The Bertz CT molecular complexity index is 1570. The molecular formula is C29H29N7O. The van der Waals surface area contributed by atoms with Crippen LogP contribution in [-0.4, -0.2) is 47.4 Å². The topological polar surface area (TPSA) is 101 Å². The molecule has 1 amide bonds. The highest BCUT2D eigenvalue weighted by atomic mass is 16.1. The van der Waals surface area contributed by atoms with Crippen LogP contribution in [0.25, 0.3) is 22.2 Å². The summed E-state index contributed by atoms with van der Waals surface area (Å²) in [7, 11) is 3.99. The number of nitrogen functional groups attached to an aromatic ring is 1. The molecule has 0 spiro atoms. The molecule has 5 aromatic rings. The van der Waals surface area contributed by atoms with Crippen LogP contribution in [-0.2, 0) is 6.42 Å². The molecule has 0 saturated carbocycles. The van der Waals surface area contributed by atoms with Crippen LogP contribution in [0.1, 0.15) is 27.9 Å². The average molecular weight is 492 g/mol. The third kappa shape index (κ3) is 5.13. The molecule has 186 valence electrons. The van der Waals surface area contributed by atoms with E-state index in [9.17, 15) is 4.79 Å². The average Bonchev–Trinajstić information content (AvgIpc) is 3.19. The van der Waals surface area contributed by atoms with E-state index >= 15 is 0 Å². The number of fused-ring (bicyclic) bond motifs is 2. The molecule has 37 heavy (non-hydrogen) atoms. The van der Waals surface area contributed by atoms with Gasteiger partial charge in [0.2, 0.25) is 0 Å². The molecule has 5 rings (SSSR count). The summed E-state index contributed by atoms with van der Waals surface area (Å²) in [6.45, 7) is 0.516. The third-order valence-corrected chi connectivity index (χ3v) is 6.20. The molecule has 0 aliphatic heterocycles. The first-order valence-corrected chi connectivity index (χ1v) is 12.2. The number of carbonyl (C=O) groups excluding carboxylic acids is 1. The molecule has 2 heterocycles. The Kier molecular flexibility index (Phi) is 6.81. The summed E-state index contributed by atoms with van der Waals surface area (Å²) in [4.78, 5) is 24.8. The van der Waals surface area contributed by atoms with E-state index in [0.29, 0.717) is 28.7 Å². The van der Waals surface area contributed by atoms with Crippen LogP contribution in [0.15, 0.2) is 84.0 Å². The van der Waals surface area contributed by atoms with Crippen molar-refractivity contribution in [2.75, 3.05) is 31.3 Å². The summed E-state index contributed by atoms with van der Waals surface area (Å²) in [5, 5.41) is 7.59. The van der Waals surface area contributed by atoms with Crippen LogP contribution >= 0.6 is 0 Å². The van der Waals surface area contributed by atoms with Crippen LogP contribution in [0.2, 0.25) is 0 Å². The lowest BCUT2D eigenvalue weighted by molar-refractivity contribution is 0.0955. The minimum absolute atomic E-state index is 0.201. The number of nitrogens with two attached hydrogens (primary N) is 1. The first-order valence-electron chi connectivity index (χ1n) is 12.2. The van der Waals surface area contributed by atoms with E-state index in [0.717, 1.165) is 24.1 Å². The van der Waals surface area contributed by atoms with Crippen LogP contribution < -0.4 is 16.0 Å². The second-order valence-corrected chi connectivity index (χ2v) is 9.03. The van der Waals surface area contributed by atoms with Gasteiger partial charge in [-0.1, -0.05) is 54.6 Å². The number of nitrogens with one attached hydrogen (secondary N) is 1. The molecule has 0 bridgehead atoms. The Morgan fingerprint density at radius 3 is 2.35 bits per heavy atom. The monoisotopic (exact) mass is 491 g/mol. The minimum Gasteiger partial charge on any atom is -0.383 e. The fraction of sp³-hybridized carbons (Fsp3) is 0.172. The number of para-hydroxylation sites is 2. The normalized spacial score (nSPS) is 11.4. The lowest BCUT2D eigenvalue weighted by atomic mass is 10.1. The molecule has 0 aliphatic carbocycles. The number of hydrogen-bond acceptors (Lipinski definition) is 6. The highest BCUT2D eigenvalue weighted by molar-refractivity contribution is 6.10. The molecule has 0 radical (unpaired) electrons. The Morgan fingerprint density at radius 2 is 1.65 bits per heavy atom. The van der Waals surface area contributed by atoms with Gasteiger partial charge in [0.1, 0.15) is 16.9 Å². The predicted molar refractivity (Wildman–Crippen MR) is 150 cm³/mol. The summed E-state index contributed by atoms with van der Waals surface area (Å²) < 4.78 is 1.49. The van der Waals surface area contributed by atoms with Gasteiger partial charge in [-0.3, -0.25) is 4.79 Å². The number of benzene rings is 3. The zero-order valence-electron chi connectivity index (χ0n) is 20.9. The van der Waals surface area contributed by atoms with Crippen molar-refractivity contribution in [1.82, 2.24) is 20.0 Å². The smallest absolute Gasteiger partial charge is 0.257 e. The Labute approximate surface area is 215 Å². The Hall–Kier alpha value is -4.72. The summed E-state index contributed by atoms with van der Waals surface area (Å²) in [6, 6.07) is 25.7. The predicted octanol–water partition coefficient (Wildman–Crippen LogP) is 4.48. The van der Waals surface area contributed by atoms with Crippen LogP contribution in [0, 0.1) is 0 Å². The number of aryl methyl sites for hydroxylation is 1. The van der Waals surface area contributed by atoms with E-state index in [2.05, 4.69) is 22.6 Å². The SMILES string of the molecule is CN(C)c1ccc(/C=N/n2c(N)c(C(=O)NCCCc3ccccc3)c3nc4ccccc4nc32)cc1. The van der Waals surface area contributed by atoms with Crippen molar-refractivity contribution in [2.24, 2.45) is 5.10 Å². The zero-order chi connectivity index (χ0) is 25.8. The number of rotatable bonds is 8. The second-order valence-electron chi connectivity index (χ2n) is 9.03. The van der Waals surface area contributed by atoms with Gasteiger partial charge in [0.25, 0.3) is 5.91 Å². The summed E-state index contributed by atoms with van der Waals surface area (Å²) in [5.41, 5.74) is 12.3.